The third-order valence-electron chi connectivity index (χ3n) is 6.30. The fourth-order valence-corrected chi connectivity index (χ4v) is 4.32. The number of unbranched alkanes of at least 4 members (excludes halogenated alkanes) is 1. The van der Waals surface area contributed by atoms with E-state index in [0.29, 0.717) is 12.8 Å². The maximum Gasteiger partial charge on any atom is 0.408 e. The number of nitrogens with zero attached hydrogens (tertiary/aromatic N) is 4. The van der Waals surface area contributed by atoms with Crippen LogP contribution in [0.5, 0.6) is 0 Å². The van der Waals surface area contributed by atoms with Crippen molar-refractivity contribution in [1.29, 1.82) is 0 Å². The summed E-state index contributed by atoms with van der Waals surface area (Å²) < 4.78 is 1.86. The molecule has 198 valence electrons. The summed E-state index contributed by atoms with van der Waals surface area (Å²) in [7, 11) is 0. The molecule has 10 nitrogen and oxygen atoms in total. The summed E-state index contributed by atoms with van der Waals surface area (Å²) in [6.45, 7) is 8.04. The van der Waals surface area contributed by atoms with Crippen molar-refractivity contribution in [2.45, 2.75) is 72.0 Å². The van der Waals surface area contributed by atoms with Crippen LogP contribution in [0.4, 0.5) is 10.6 Å². The molecule has 0 radical (unpaired) electrons. The van der Waals surface area contributed by atoms with E-state index in [1.165, 1.54) is 17.2 Å². The number of imidazole rings is 1. The van der Waals surface area contributed by atoms with Gasteiger partial charge in [-0.3, -0.25) is 19.6 Å². The van der Waals surface area contributed by atoms with Gasteiger partial charge in [0.15, 0.2) is 0 Å². The monoisotopic (exact) mass is 508 g/mol. The van der Waals surface area contributed by atoms with E-state index in [1.54, 1.807) is 6.33 Å². The lowest BCUT2D eigenvalue weighted by molar-refractivity contribution is -0.139. The Balaban J connectivity index is 1.88. The molecular weight excluding hydrogens is 472 g/mol. The normalized spacial score (nSPS) is 13.1. The second kappa shape index (κ2) is 12.3. The quantitative estimate of drug-likeness (QED) is 0.311. The van der Waals surface area contributed by atoms with Gasteiger partial charge in [-0.05, 0) is 17.4 Å². The number of hydrogen-bond acceptors (Lipinski definition) is 5. The molecule has 3 aromatic rings. The van der Waals surface area contributed by atoms with Crippen LogP contribution in [-0.4, -0.2) is 59.6 Å². The van der Waals surface area contributed by atoms with E-state index in [-0.39, 0.29) is 18.8 Å². The fraction of sp³-hybridized carbons (Fsp3) is 0.444. The van der Waals surface area contributed by atoms with Crippen LogP contribution < -0.4 is 5.32 Å². The summed E-state index contributed by atoms with van der Waals surface area (Å²) in [4.78, 5) is 44.5. The van der Waals surface area contributed by atoms with Crippen molar-refractivity contribution in [2.24, 2.45) is 5.41 Å². The standard InChI is InChI=1S/C27H36N6O4/c1-5-6-12-21(24(34)25(35)30-23-13-14-29-31-23)33(26(36)37)22(27(2,3)4)17-32-16-20(28-18-32)15-19-10-8-7-9-11-19/h7-11,13-14,16,18,21-22H,5-6,12,15,17H2,1-4H3,(H,36,37)(H2,29,30,31,35)/t21-,22?/m1/s1. The van der Waals surface area contributed by atoms with Crippen LogP contribution in [0.25, 0.3) is 0 Å². The Kier molecular flexibility index (Phi) is 9.21. The fourth-order valence-electron chi connectivity index (χ4n) is 4.32. The van der Waals surface area contributed by atoms with Crippen molar-refractivity contribution >= 4 is 23.6 Å². The maximum atomic E-state index is 13.3. The van der Waals surface area contributed by atoms with E-state index >= 15 is 0 Å². The van der Waals surface area contributed by atoms with Gasteiger partial charge < -0.3 is 15.0 Å². The van der Waals surface area contributed by atoms with Crippen LogP contribution in [0, 0.1) is 5.41 Å². The number of H-pyrrole nitrogens is 1. The SMILES string of the molecule is CCCC[C@H](C(=O)C(=O)Nc1ccn[nH]1)N(C(=O)O)C(Cn1cnc(Cc2ccccc2)c1)C(C)(C)C. The first-order valence-electron chi connectivity index (χ1n) is 12.5. The topological polar surface area (TPSA) is 133 Å². The van der Waals surface area contributed by atoms with Gasteiger partial charge in [-0.1, -0.05) is 70.9 Å². The molecule has 0 aliphatic rings. The number of amides is 2. The summed E-state index contributed by atoms with van der Waals surface area (Å²) in [6, 6.07) is 9.76. The third kappa shape index (κ3) is 7.52. The number of anilines is 1. The second-order valence-corrected chi connectivity index (χ2v) is 10.2. The lowest BCUT2D eigenvalue weighted by Gasteiger charge is -2.42. The molecule has 10 heteroatoms. The zero-order valence-electron chi connectivity index (χ0n) is 21.8. The van der Waals surface area contributed by atoms with Gasteiger partial charge in [-0.25, -0.2) is 9.78 Å². The molecule has 3 rings (SSSR count). The Morgan fingerprint density at radius 2 is 1.89 bits per heavy atom. The van der Waals surface area contributed by atoms with Gasteiger partial charge in [0, 0.05) is 25.2 Å². The molecule has 1 unspecified atom stereocenters. The van der Waals surface area contributed by atoms with Crippen LogP contribution in [0.2, 0.25) is 0 Å². The maximum absolute atomic E-state index is 13.3. The number of aromatic amines is 1. The molecule has 2 atom stereocenters. The largest absolute Gasteiger partial charge is 0.465 e. The first kappa shape index (κ1) is 27.6. The number of aromatic nitrogens is 4. The van der Waals surface area contributed by atoms with Crippen molar-refractivity contribution in [3.8, 4) is 0 Å². The minimum Gasteiger partial charge on any atom is -0.465 e. The predicted octanol–water partition coefficient (Wildman–Crippen LogP) is 4.36. The van der Waals surface area contributed by atoms with Crippen LogP contribution in [0.15, 0.2) is 55.1 Å². The van der Waals surface area contributed by atoms with E-state index in [2.05, 4.69) is 20.5 Å². The van der Waals surface area contributed by atoms with E-state index < -0.39 is 35.3 Å². The summed E-state index contributed by atoms with van der Waals surface area (Å²) in [5, 5.41) is 19.2. The highest BCUT2D eigenvalue weighted by Gasteiger charge is 2.42. The molecule has 2 amide bonds. The van der Waals surface area contributed by atoms with Crippen molar-refractivity contribution in [1.82, 2.24) is 24.6 Å². The lowest BCUT2D eigenvalue weighted by atomic mass is 9.84. The summed E-state index contributed by atoms with van der Waals surface area (Å²) >= 11 is 0. The van der Waals surface area contributed by atoms with Crippen LogP contribution in [0.3, 0.4) is 0 Å². The number of Topliss-reactive ketones (excluding diaryl/α,β-unsaturated/α-hetero) is 1. The predicted molar refractivity (Wildman–Crippen MR) is 140 cm³/mol. The van der Waals surface area contributed by atoms with E-state index in [0.717, 1.165) is 17.7 Å². The molecule has 0 aliphatic carbocycles. The van der Waals surface area contributed by atoms with Gasteiger partial charge in [0.25, 0.3) is 5.91 Å². The Hall–Kier alpha value is -3.95. The molecule has 2 heterocycles. The molecule has 0 saturated carbocycles. The highest BCUT2D eigenvalue weighted by atomic mass is 16.4. The molecule has 0 spiro atoms. The Labute approximate surface area is 217 Å². The molecule has 0 bridgehead atoms. The summed E-state index contributed by atoms with van der Waals surface area (Å²) in [5.41, 5.74) is 1.45. The average molecular weight is 509 g/mol. The number of benzene rings is 1. The van der Waals surface area contributed by atoms with E-state index in [9.17, 15) is 19.5 Å². The highest BCUT2D eigenvalue weighted by molar-refractivity contribution is 6.42. The van der Waals surface area contributed by atoms with Crippen molar-refractivity contribution in [2.75, 3.05) is 5.32 Å². The number of nitrogens with one attached hydrogen (secondary N) is 2. The molecule has 1 aromatic carbocycles. The first-order chi connectivity index (χ1) is 17.6. The molecular formula is C27H36N6O4. The molecule has 0 saturated heterocycles. The number of carboxylic acid groups (broad SMARTS) is 1. The van der Waals surface area contributed by atoms with Crippen molar-refractivity contribution in [3.05, 3.63) is 66.4 Å². The van der Waals surface area contributed by atoms with Gasteiger partial charge in [0.05, 0.1) is 24.3 Å². The van der Waals surface area contributed by atoms with Gasteiger partial charge in [-0.15, -0.1) is 0 Å². The van der Waals surface area contributed by atoms with Crippen molar-refractivity contribution in [3.63, 3.8) is 0 Å². The smallest absolute Gasteiger partial charge is 0.408 e. The van der Waals surface area contributed by atoms with Crippen LogP contribution in [0.1, 0.15) is 58.2 Å². The average Bonchev–Trinajstić information content (AvgIpc) is 3.52. The van der Waals surface area contributed by atoms with Gasteiger partial charge in [0.1, 0.15) is 11.9 Å². The molecule has 0 fully saturated rings. The molecule has 37 heavy (non-hydrogen) atoms. The zero-order chi connectivity index (χ0) is 27.0. The minimum atomic E-state index is -1.24. The molecule has 3 N–H and O–H groups in total. The number of rotatable bonds is 12. The third-order valence-corrected chi connectivity index (χ3v) is 6.30. The number of carbonyl (C=O) groups excluding carboxylic acids is 2. The lowest BCUT2D eigenvalue weighted by Crippen LogP contribution is -2.57. The minimum absolute atomic E-state index is 0.244. The van der Waals surface area contributed by atoms with E-state index in [1.807, 2.05) is 68.8 Å². The van der Waals surface area contributed by atoms with Gasteiger partial charge in [-0.2, -0.15) is 5.10 Å². The first-order valence-corrected chi connectivity index (χ1v) is 12.5. The van der Waals surface area contributed by atoms with Crippen LogP contribution in [-0.2, 0) is 22.6 Å². The molecule has 0 aliphatic heterocycles. The second-order valence-electron chi connectivity index (χ2n) is 10.2. The molecule has 2 aromatic heterocycles. The Morgan fingerprint density at radius 3 is 2.49 bits per heavy atom. The van der Waals surface area contributed by atoms with Gasteiger partial charge >= 0.3 is 6.09 Å². The number of ketones is 1. The number of hydrogen-bond donors (Lipinski definition) is 3. The zero-order valence-corrected chi connectivity index (χ0v) is 21.8. The van der Waals surface area contributed by atoms with Crippen LogP contribution >= 0.6 is 0 Å². The Morgan fingerprint density at radius 1 is 1.16 bits per heavy atom. The Bertz CT molecular complexity index is 1170. The van der Waals surface area contributed by atoms with E-state index in [4.69, 9.17) is 0 Å². The van der Waals surface area contributed by atoms with Crippen molar-refractivity contribution < 1.29 is 19.5 Å². The summed E-state index contributed by atoms with van der Waals surface area (Å²) in [5.74, 6) is -1.40. The highest BCUT2D eigenvalue weighted by Crippen LogP contribution is 2.30. The van der Waals surface area contributed by atoms with Gasteiger partial charge in [0.2, 0.25) is 5.78 Å². The summed E-state index contributed by atoms with van der Waals surface area (Å²) in [6.07, 6.45) is 6.05. The number of carbonyl (C=O) groups is 3.